The molecule has 2 fully saturated rings. The Morgan fingerprint density at radius 3 is 2.23 bits per heavy atom. The van der Waals surface area contributed by atoms with Crippen LogP contribution in [-0.2, 0) is 9.59 Å². The summed E-state index contributed by atoms with van der Waals surface area (Å²) < 4.78 is 42.2. The third-order valence-electron chi connectivity index (χ3n) is 5.52. The van der Waals surface area contributed by atoms with Crippen LogP contribution in [0.3, 0.4) is 0 Å². The molecule has 0 saturated carbocycles. The van der Waals surface area contributed by atoms with Crippen molar-refractivity contribution in [2.24, 2.45) is 0 Å². The molecular formula is C19H27F3N4O5. The number of carboxylic acid groups (broad SMARTS) is 1. The molecule has 0 radical (unpaired) electrons. The molecule has 0 bridgehead atoms. The first-order valence-electron chi connectivity index (χ1n) is 9.89. The Kier molecular flexibility index (Phi) is 7.91. The SMILES string of the molecule is CCN1C(=O)CCC12CCCN(c1nc(OC)cc(OC)n1)CC2.O=C(O)C(F)(F)F. The van der Waals surface area contributed by atoms with Crippen LogP contribution in [0.1, 0.15) is 39.0 Å². The van der Waals surface area contributed by atoms with Gasteiger partial charge in [-0.2, -0.15) is 23.1 Å². The molecule has 1 aromatic heterocycles. The lowest BCUT2D eigenvalue weighted by Gasteiger charge is -2.37. The van der Waals surface area contributed by atoms with Gasteiger partial charge in [0.25, 0.3) is 0 Å². The van der Waals surface area contributed by atoms with E-state index in [4.69, 9.17) is 19.4 Å². The summed E-state index contributed by atoms with van der Waals surface area (Å²) in [5.74, 6) is -0.822. The predicted octanol–water partition coefficient (Wildman–Crippen LogP) is 2.50. The maximum Gasteiger partial charge on any atom is 0.490 e. The standard InChI is InChI=1S/C17H26N4O3.C2HF3O2/c1-4-21-15(22)6-8-17(21)7-5-10-20(11-9-17)16-18-13(23-2)12-14(19-16)24-3;3-2(4,5)1(6)7/h12H,4-11H2,1-3H3;(H,6,7). The number of hydrogen-bond donors (Lipinski definition) is 1. The molecule has 1 amide bonds. The van der Waals surface area contributed by atoms with Gasteiger partial charge in [0.15, 0.2) is 0 Å². The lowest BCUT2D eigenvalue weighted by molar-refractivity contribution is -0.192. The average molecular weight is 448 g/mol. The normalized spacial score (nSPS) is 21.4. The molecule has 1 N–H and O–H groups in total. The quantitative estimate of drug-likeness (QED) is 0.749. The second-order valence-electron chi connectivity index (χ2n) is 7.26. The summed E-state index contributed by atoms with van der Waals surface area (Å²) in [4.78, 5) is 34.3. The Labute approximate surface area is 178 Å². The number of likely N-dealkylation sites (tertiary alicyclic amines) is 1. The molecular weight excluding hydrogens is 421 g/mol. The monoisotopic (exact) mass is 448 g/mol. The average Bonchev–Trinajstić information content (AvgIpc) is 2.89. The molecule has 0 aromatic carbocycles. The van der Waals surface area contributed by atoms with E-state index < -0.39 is 12.1 Å². The molecule has 0 aliphatic carbocycles. The van der Waals surface area contributed by atoms with Crippen molar-refractivity contribution in [3.63, 3.8) is 0 Å². The molecule has 2 aliphatic rings. The lowest BCUT2D eigenvalue weighted by Crippen LogP contribution is -2.46. The second-order valence-corrected chi connectivity index (χ2v) is 7.26. The minimum absolute atomic E-state index is 0.0174. The highest BCUT2D eigenvalue weighted by Gasteiger charge is 2.45. The minimum atomic E-state index is -5.08. The van der Waals surface area contributed by atoms with Gasteiger partial charge in [-0.05, 0) is 32.6 Å². The van der Waals surface area contributed by atoms with Crippen molar-refractivity contribution in [2.45, 2.75) is 50.7 Å². The summed E-state index contributed by atoms with van der Waals surface area (Å²) in [6.07, 6.45) is -0.417. The number of aliphatic carboxylic acids is 1. The topological polar surface area (TPSA) is 105 Å². The number of carboxylic acids is 1. The fourth-order valence-corrected chi connectivity index (χ4v) is 4.03. The summed E-state index contributed by atoms with van der Waals surface area (Å²) in [6.45, 7) is 4.58. The molecule has 1 spiro atoms. The predicted molar refractivity (Wildman–Crippen MR) is 104 cm³/mol. The highest BCUT2D eigenvalue weighted by Crippen LogP contribution is 2.39. The first kappa shape index (κ1) is 24.5. The fourth-order valence-electron chi connectivity index (χ4n) is 4.03. The smallest absolute Gasteiger partial charge is 0.481 e. The highest BCUT2D eigenvalue weighted by atomic mass is 19.4. The molecule has 174 valence electrons. The van der Waals surface area contributed by atoms with Crippen LogP contribution in [0.15, 0.2) is 6.07 Å². The van der Waals surface area contributed by atoms with Gasteiger partial charge >= 0.3 is 12.1 Å². The third kappa shape index (κ3) is 5.88. The van der Waals surface area contributed by atoms with Gasteiger partial charge in [0, 0.05) is 31.6 Å². The van der Waals surface area contributed by atoms with Gasteiger partial charge < -0.3 is 24.4 Å². The van der Waals surface area contributed by atoms with Crippen LogP contribution >= 0.6 is 0 Å². The van der Waals surface area contributed by atoms with E-state index in [1.54, 1.807) is 20.3 Å². The van der Waals surface area contributed by atoms with Crippen molar-refractivity contribution >= 4 is 17.8 Å². The Morgan fingerprint density at radius 1 is 1.16 bits per heavy atom. The number of methoxy groups -OCH3 is 2. The van der Waals surface area contributed by atoms with Crippen molar-refractivity contribution in [3.05, 3.63) is 6.07 Å². The van der Waals surface area contributed by atoms with Crippen LogP contribution in [0, 0.1) is 0 Å². The van der Waals surface area contributed by atoms with Gasteiger partial charge in [-0.3, -0.25) is 4.79 Å². The molecule has 1 unspecified atom stereocenters. The largest absolute Gasteiger partial charge is 0.490 e. The zero-order valence-electron chi connectivity index (χ0n) is 17.7. The number of halogens is 3. The number of nitrogens with zero attached hydrogens (tertiary/aromatic N) is 4. The number of ether oxygens (including phenoxy) is 2. The van der Waals surface area contributed by atoms with Gasteiger partial charge in [0.1, 0.15) is 0 Å². The van der Waals surface area contributed by atoms with Crippen molar-refractivity contribution in [1.82, 2.24) is 14.9 Å². The number of rotatable bonds is 4. The highest BCUT2D eigenvalue weighted by molar-refractivity contribution is 5.79. The molecule has 12 heteroatoms. The van der Waals surface area contributed by atoms with Crippen LogP contribution in [0.4, 0.5) is 19.1 Å². The van der Waals surface area contributed by atoms with Gasteiger partial charge in [0.05, 0.1) is 20.3 Å². The molecule has 1 atom stereocenters. The first-order valence-corrected chi connectivity index (χ1v) is 9.89. The van der Waals surface area contributed by atoms with Gasteiger partial charge in [-0.25, -0.2) is 4.79 Å². The van der Waals surface area contributed by atoms with Crippen LogP contribution in [0.5, 0.6) is 11.8 Å². The van der Waals surface area contributed by atoms with Gasteiger partial charge in [-0.1, -0.05) is 0 Å². The van der Waals surface area contributed by atoms with E-state index in [9.17, 15) is 18.0 Å². The molecule has 3 rings (SSSR count). The number of hydrogen-bond acceptors (Lipinski definition) is 7. The number of amides is 1. The Balaban J connectivity index is 0.000000423. The third-order valence-corrected chi connectivity index (χ3v) is 5.52. The minimum Gasteiger partial charge on any atom is -0.481 e. The van der Waals surface area contributed by atoms with E-state index >= 15 is 0 Å². The van der Waals surface area contributed by atoms with Gasteiger partial charge in [-0.15, -0.1) is 0 Å². The van der Waals surface area contributed by atoms with Crippen LogP contribution in [0.2, 0.25) is 0 Å². The second kappa shape index (κ2) is 10.0. The number of aromatic nitrogens is 2. The zero-order valence-corrected chi connectivity index (χ0v) is 17.7. The van der Waals surface area contributed by atoms with Crippen molar-refractivity contribution in [2.75, 3.05) is 38.8 Å². The van der Waals surface area contributed by atoms with E-state index in [-0.39, 0.29) is 5.54 Å². The maximum absolute atomic E-state index is 12.2. The lowest BCUT2D eigenvalue weighted by atomic mass is 9.88. The Morgan fingerprint density at radius 2 is 1.74 bits per heavy atom. The number of carbonyl (C=O) groups excluding carboxylic acids is 1. The Hall–Kier alpha value is -2.79. The van der Waals surface area contributed by atoms with Crippen molar-refractivity contribution < 1.29 is 37.3 Å². The number of anilines is 1. The van der Waals surface area contributed by atoms with E-state index in [0.29, 0.717) is 30.0 Å². The zero-order chi connectivity index (χ0) is 23.2. The molecule has 9 nitrogen and oxygen atoms in total. The van der Waals surface area contributed by atoms with Crippen molar-refractivity contribution in [3.8, 4) is 11.8 Å². The van der Waals surface area contributed by atoms with E-state index in [2.05, 4.69) is 26.7 Å². The summed E-state index contributed by atoms with van der Waals surface area (Å²) in [5.41, 5.74) is 0.0174. The van der Waals surface area contributed by atoms with E-state index in [1.165, 1.54) is 0 Å². The summed E-state index contributed by atoms with van der Waals surface area (Å²) in [7, 11) is 3.18. The van der Waals surface area contributed by atoms with Crippen LogP contribution in [-0.4, -0.2) is 77.4 Å². The summed E-state index contributed by atoms with van der Waals surface area (Å²) >= 11 is 0. The molecule has 31 heavy (non-hydrogen) atoms. The summed E-state index contributed by atoms with van der Waals surface area (Å²) in [6, 6.07) is 1.68. The molecule has 3 heterocycles. The maximum atomic E-state index is 12.2. The number of alkyl halides is 3. The Bertz CT molecular complexity index is 770. The van der Waals surface area contributed by atoms with Crippen LogP contribution in [0.25, 0.3) is 0 Å². The first-order chi connectivity index (χ1) is 14.6. The molecule has 2 aliphatic heterocycles. The van der Waals surface area contributed by atoms with Crippen LogP contribution < -0.4 is 14.4 Å². The van der Waals surface area contributed by atoms with Gasteiger partial charge in [0.2, 0.25) is 23.6 Å². The molecule has 1 aromatic rings. The van der Waals surface area contributed by atoms with Crippen molar-refractivity contribution in [1.29, 1.82) is 0 Å². The summed E-state index contributed by atoms with van der Waals surface area (Å²) in [5, 5.41) is 7.12. The fraction of sp³-hybridized carbons (Fsp3) is 0.684. The number of carbonyl (C=O) groups is 2. The van der Waals surface area contributed by atoms with E-state index in [1.807, 2.05) is 0 Å². The van der Waals surface area contributed by atoms with E-state index in [0.717, 1.165) is 45.3 Å². The molecule has 2 saturated heterocycles.